The summed E-state index contributed by atoms with van der Waals surface area (Å²) >= 11 is 0. The summed E-state index contributed by atoms with van der Waals surface area (Å²) in [4.78, 5) is 24.6. The van der Waals surface area contributed by atoms with Crippen molar-refractivity contribution in [1.29, 1.82) is 0 Å². The van der Waals surface area contributed by atoms with Crippen LogP contribution in [0.4, 0.5) is 0 Å². The Labute approximate surface area is 174 Å². The molecule has 3 rings (SSSR count). The zero-order chi connectivity index (χ0) is 22.2. The number of rotatable bonds is 6. The maximum Gasteiger partial charge on any atom is 0.374 e. The van der Waals surface area contributed by atoms with E-state index in [0.717, 1.165) is 0 Å². The van der Waals surface area contributed by atoms with Gasteiger partial charge in [-0.1, -0.05) is 38.6 Å². The Hall–Kier alpha value is -1.83. The first-order valence-electron chi connectivity index (χ1n) is 9.06. The van der Waals surface area contributed by atoms with Crippen LogP contribution in [-0.2, 0) is 24.6 Å². The molecule has 0 radical (unpaired) electrons. The first kappa shape index (κ1) is 22.8. The molecule has 3 N–H and O–H groups in total. The average molecular weight is 455 g/mol. The number of hydrogen-bond donors (Lipinski definition) is 3. The lowest BCUT2D eigenvalue weighted by Crippen LogP contribution is -2.37. The normalized spacial score (nSPS) is 31.5. The maximum absolute atomic E-state index is 12.8. The Morgan fingerprint density at radius 3 is 2.30 bits per heavy atom. The molecule has 11 heteroatoms. The maximum atomic E-state index is 12.8. The number of benzene rings is 1. The molecule has 0 bridgehead atoms. The van der Waals surface area contributed by atoms with E-state index in [1.54, 1.807) is 0 Å². The molecule has 2 heterocycles. The molecule has 2 aromatic rings. The van der Waals surface area contributed by atoms with E-state index in [1.165, 1.54) is 48.8 Å². The predicted molar refractivity (Wildman–Crippen MR) is 109 cm³/mol. The van der Waals surface area contributed by atoms with E-state index in [-0.39, 0.29) is 17.0 Å². The summed E-state index contributed by atoms with van der Waals surface area (Å²) in [5.41, 5.74) is 0.463. The number of hydrogen-bond acceptors (Lipinski definition) is 7. The van der Waals surface area contributed by atoms with Crippen LogP contribution in [0.5, 0.6) is 5.75 Å². The second-order valence-electron chi connectivity index (χ2n) is 7.19. The van der Waals surface area contributed by atoms with Gasteiger partial charge < -0.3 is 19.6 Å². The molecule has 1 aromatic heterocycles. The zero-order valence-corrected chi connectivity index (χ0v) is 18.2. The van der Waals surface area contributed by atoms with Gasteiger partial charge in [-0.15, -0.1) is 0 Å². The topological polar surface area (TPSA) is 135 Å². The Bertz CT molecular complexity index is 983. The molecular formula is C19H23NO8P2. The number of ether oxygens (including phenoxy) is 1. The fraction of sp³-hybridized carbons (Fsp3) is 0.316. The van der Waals surface area contributed by atoms with Crippen LogP contribution in [0.2, 0.25) is 0 Å². The van der Waals surface area contributed by atoms with Crippen LogP contribution in [0, 0.1) is 5.92 Å². The van der Waals surface area contributed by atoms with Gasteiger partial charge in [-0.3, -0.25) is 23.2 Å². The summed E-state index contributed by atoms with van der Waals surface area (Å²) in [5.74, 6) is 1.11. The van der Waals surface area contributed by atoms with E-state index >= 15 is 0 Å². The van der Waals surface area contributed by atoms with Gasteiger partial charge in [-0.05, 0) is 23.8 Å². The molecule has 2 atom stereocenters. The lowest BCUT2D eigenvalue weighted by molar-refractivity contribution is -0.0579. The van der Waals surface area contributed by atoms with Crippen molar-refractivity contribution in [1.82, 2.24) is 4.98 Å². The largest absolute Gasteiger partial charge is 0.462 e. The summed E-state index contributed by atoms with van der Waals surface area (Å²) in [6, 6.07) is 9.00. The standard InChI is InChI=1S/C19H23NO8P2/c1-13(2)14(3)26-17-8-6-16(7-9-17)18-27-29(22,23)19(21,30(24,25)28-18)11-15-5-4-10-20-12-15/h4-10,12-13,18,21H,3,11H2,1-2H3,(H,22,23)(H,24,25). The number of aromatic nitrogens is 1. The summed E-state index contributed by atoms with van der Waals surface area (Å²) < 4.78 is 41.3. The fourth-order valence-electron chi connectivity index (χ4n) is 2.67. The number of pyridine rings is 1. The molecule has 1 aromatic carbocycles. The van der Waals surface area contributed by atoms with Gasteiger partial charge in [0.15, 0.2) is 0 Å². The second kappa shape index (κ2) is 8.36. The van der Waals surface area contributed by atoms with Gasteiger partial charge in [0.05, 0.1) is 5.76 Å². The molecule has 0 saturated carbocycles. The molecule has 2 unspecified atom stereocenters. The van der Waals surface area contributed by atoms with E-state index in [4.69, 9.17) is 13.8 Å². The second-order valence-corrected chi connectivity index (χ2v) is 11.5. The molecule has 0 spiro atoms. The van der Waals surface area contributed by atoms with Crippen LogP contribution in [0.3, 0.4) is 0 Å². The van der Waals surface area contributed by atoms with Crippen molar-refractivity contribution in [2.45, 2.75) is 31.6 Å². The average Bonchev–Trinajstić information content (AvgIpc) is 2.67. The first-order valence-corrected chi connectivity index (χ1v) is 12.2. The summed E-state index contributed by atoms with van der Waals surface area (Å²) in [5, 5.41) is 7.68. The highest BCUT2D eigenvalue weighted by molar-refractivity contribution is 7.73. The van der Waals surface area contributed by atoms with Crippen molar-refractivity contribution in [2.24, 2.45) is 5.92 Å². The molecule has 1 aliphatic rings. The molecule has 0 amide bonds. The molecule has 9 nitrogen and oxygen atoms in total. The van der Waals surface area contributed by atoms with Crippen molar-refractivity contribution in [3.8, 4) is 5.75 Å². The predicted octanol–water partition coefficient (Wildman–Crippen LogP) is 3.94. The molecule has 1 saturated heterocycles. The van der Waals surface area contributed by atoms with Crippen molar-refractivity contribution in [3.63, 3.8) is 0 Å². The highest BCUT2D eigenvalue weighted by Gasteiger charge is 2.67. The number of aliphatic hydroxyl groups is 1. The van der Waals surface area contributed by atoms with Gasteiger partial charge >= 0.3 is 15.2 Å². The molecule has 30 heavy (non-hydrogen) atoms. The zero-order valence-electron chi connectivity index (χ0n) is 16.4. The van der Waals surface area contributed by atoms with Gasteiger partial charge in [-0.25, -0.2) is 0 Å². The number of allylic oxidation sites excluding steroid dienone is 1. The van der Waals surface area contributed by atoms with Gasteiger partial charge in [0, 0.05) is 30.3 Å². The van der Waals surface area contributed by atoms with Gasteiger partial charge in [-0.2, -0.15) is 0 Å². The Kier molecular flexibility index (Phi) is 6.37. The summed E-state index contributed by atoms with van der Waals surface area (Å²) in [6.45, 7) is 7.65. The molecule has 162 valence electrons. The van der Waals surface area contributed by atoms with Gasteiger partial charge in [0.2, 0.25) is 6.29 Å². The highest BCUT2D eigenvalue weighted by Crippen LogP contribution is 2.79. The van der Waals surface area contributed by atoms with Crippen molar-refractivity contribution in [3.05, 3.63) is 72.3 Å². The molecule has 1 aliphatic heterocycles. The van der Waals surface area contributed by atoms with E-state index in [0.29, 0.717) is 11.5 Å². The van der Waals surface area contributed by atoms with E-state index in [9.17, 15) is 24.0 Å². The van der Waals surface area contributed by atoms with Crippen LogP contribution in [-0.4, -0.2) is 25.0 Å². The van der Waals surface area contributed by atoms with Gasteiger partial charge in [0.25, 0.3) is 5.08 Å². The molecule has 0 aliphatic carbocycles. The Balaban J connectivity index is 1.84. The van der Waals surface area contributed by atoms with Crippen LogP contribution in [0.25, 0.3) is 0 Å². The van der Waals surface area contributed by atoms with Crippen molar-refractivity contribution >= 4 is 15.2 Å². The fourth-order valence-corrected chi connectivity index (χ4v) is 6.25. The minimum atomic E-state index is -5.02. The third-order valence-corrected chi connectivity index (χ3v) is 9.19. The first-order chi connectivity index (χ1) is 14.0. The minimum Gasteiger partial charge on any atom is -0.462 e. The molecule has 1 fully saturated rings. The van der Waals surface area contributed by atoms with Crippen LogP contribution in [0.1, 0.15) is 31.3 Å². The quantitative estimate of drug-likeness (QED) is 0.437. The summed E-state index contributed by atoms with van der Waals surface area (Å²) in [7, 11) is -10.0. The van der Waals surface area contributed by atoms with E-state index < -0.39 is 33.0 Å². The van der Waals surface area contributed by atoms with E-state index in [1.807, 2.05) is 13.8 Å². The number of nitrogens with zero attached hydrogens (tertiary/aromatic N) is 1. The highest BCUT2D eigenvalue weighted by atomic mass is 31.2. The van der Waals surface area contributed by atoms with Gasteiger partial charge in [0.1, 0.15) is 5.75 Å². The molecular weight excluding hydrogens is 432 g/mol. The summed E-state index contributed by atoms with van der Waals surface area (Å²) in [6.07, 6.45) is 0.471. The van der Waals surface area contributed by atoms with Crippen molar-refractivity contribution < 1.29 is 37.8 Å². The Morgan fingerprint density at radius 1 is 1.20 bits per heavy atom. The minimum absolute atomic E-state index is 0.104. The lowest BCUT2D eigenvalue weighted by atomic mass is 10.2. The third-order valence-electron chi connectivity index (χ3n) is 4.59. The smallest absolute Gasteiger partial charge is 0.374 e. The van der Waals surface area contributed by atoms with Crippen LogP contribution < -0.4 is 4.74 Å². The SMILES string of the molecule is C=C(Oc1ccc(C2OP(=O)(O)C(O)(Cc3cccnc3)P(=O)(O)O2)cc1)C(C)C. The third kappa shape index (κ3) is 4.43. The van der Waals surface area contributed by atoms with Crippen molar-refractivity contribution in [2.75, 3.05) is 0 Å². The van der Waals surface area contributed by atoms with Crippen LogP contribution >= 0.6 is 15.2 Å². The van der Waals surface area contributed by atoms with E-state index in [2.05, 4.69) is 11.6 Å². The van der Waals surface area contributed by atoms with Crippen LogP contribution in [0.15, 0.2) is 61.1 Å². The monoisotopic (exact) mass is 455 g/mol. The Morgan fingerprint density at radius 2 is 1.80 bits per heavy atom. The lowest BCUT2D eigenvalue weighted by Gasteiger charge is -2.41.